The van der Waals surface area contributed by atoms with Crippen molar-refractivity contribution >= 4 is 16.5 Å². The zero-order chi connectivity index (χ0) is 15.1. The van der Waals surface area contributed by atoms with Gasteiger partial charge < -0.3 is 10.1 Å². The monoisotopic (exact) mass is 303 g/mol. The number of methoxy groups -OCH3 is 1. The lowest BCUT2D eigenvalue weighted by Gasteiger charge is -2.09. The fourth-order valence-corrected chi connectivity index (χ4v) is 2.78. The lowest BCUT2D eigenvalue weighted by molar-refractivity contribution is 0.185. The molecule has 0 bridgehead atoms. The minimum atomic E-state index is -0.809. The predicted octanol–water partition coefficient (Wildman–Crippen LogP) is 3.32. The van der Waals surface area contributed by atoms with Crippen molar-refractivity contribution in [3.05, 3.63) is 65.2 Å². The van der Waals surface area contributed by atoms with Crippen molar-refractivity contribution in [3.63, 3.8) is 0 Å². The summed E-state index contributed by atoms with van der Waals surface area (Å²) < 4.78 is 16.4. The van der Waals surface area contributed by atoms with Crippen LogP contribution >= 0.6 is 0 Å². The van der Waals surface area contributed by atoms with E-state index in [9.17, 15) is 4.21 Å². The first kappa shape index (κ1) is 15.7. The van der Waals surface area contributed by atoms with E-state index in [1.54, 1.807) is 13.4 Å². The Balaban J connectivity index is 1.94. The van der Waals surface area contributed by atoms with E-state index < -0.39 is 10.8 Å². The molecular weight excluding hydrogens is 282 g/mol. The second kappa shape index (κ2) is 7.96. The second-order valence-electron chi connectivity index (χ2n) is 5.02. The third-order valence-electron chi connectivity index (χ3n) is 3.13. The summed E-state index contributed by atoms with van der Waals surface area (Å²) in [4.78, 5) is 0. The van der Waals surface area contributed by atoms with E-state index in [0.717, 1.165) is 17.8 Å². The van der Waals surface area contributed by atoms with E-state index in [4.69, 9.17) is 4.74 Å². The highest BCUT2D eigenvalue weighted by Crippen LogP contribution is 2.14. The first-order valence-electron chi connectivity index (χ1n) is 6.87. The van der Waals surface area contributed by atoms with Crippen molar-refractivity contribution < 1.29 is 8.95 Å². The maximum absolute atomic E-state index is 11.3. The molecule has 4 heteroatoms. The molecule has 1 N–H and O–H groups in total. The summed E-state index contributed by atoms with van der Waals surface area (Å²) in [7, 11) is 0.891. The molecule has 0 heterocycles. The van der Waals surface area contributed by atoms with Gasteiger partial charge in [0.05, 0.1) is 6.61 Å². The van der Waals surface area contributed by atoms with Crippen LogP contribution in [0.2, 0.25) is 0 Å². The molecule has 2 aromatic carbocycles. The van der Waals surface area contributed by atoms with E-state index in [1.165, 1.54) is 11.1 Å². The molecule has 0 unspecified atom stereocenters. The van der Waals surface area contributed by atoms with Crippen molar-refractivity contribution in [1.82, 2.24) is 0 Å². The summed E-state index contributed by atoms with van der Waals surface area (Å²) >= 11 is 0. The van der Waals surface area contributed by atoms with Gasteiger partial charge in [-0.05, 0) is 28.8 Å². The molecule has 1 atom stereocenters. The van der Waals surface area contributed by atoms with Crippen LogP contribution in [0.3, 0.4) is 0 Å². The minimum Gasteiger partial charge on any atom is -0.381 e. The van der Waals surface area contributed by atoms with Gasteiger partial charge in [-0.25, -0.2) is 0 Å². The molecule has 0 aromatic heterocycles. The van der Waals surface area contributed by atoms with Gasteiger partial charge in [0, 0.05) is 42.2 Å². The van der Waals surface area contributed by atoms with Crippen LogP contribution in [0.25, 0.3) is 0 Å². The number of anilines is 1. The first-order chi connectivity index (χ1) is 10.2. The predicted molar refractivity (Wildman–Crippen MR) is 88.7 cm³/mol. The molecule has 0 aliphatic carbocycles. The molecule has 2 aromatic rings. The summed E-state index contributed by atoms with van der Waals surface area (Å²) in [5, 5.41) is 3.40. The first-order valence-corrected chi connectivity index (χ1v) is 8.59. The van der Waals surface area contributed by atoms with E-state index in [0.29, 0.717) is 12.4 Å². The molecule has 0 radical (unpaired) electrons. The number of nitrogens with one attached hydrogen (secondary N) is 1. The van der Waals surface area contributed by atoms with Gasteiger partial charge in [-0.3, -0.25) is 4.21 Å². The van der Waals surface area contributed by atoms with Crippen molar-refractivity contribution in [3.8, 4) is 0 Å². The molecule has 0 saturated heterocycles. The Morgan fingerprint density at radius 3 is 2.43 bits per heavy atom. The summed E-state index contributed by atoms with van der Waals surface area (Å²) in [6.45, 7) is 1.41. The maximum Gasteiger partial charge on any atom is 0.0713 e. The number of hydrogen-bond acceptors (Lipinski definition) is 3. The Kier molecular flexibility index (Phi) is 5.96. The van der Waals surface area contributed by atoms with E-state index in [-0.39, 0.29) is 0 Å². The lowest BCUT2D eigenvalue weighted by Crippen LogP contribution is -2.01. The third kappa shape index (κ3) is 5.33. The molecule has 0 aliphatic heterocycles. The van der Waals surface area contributed by atoms with Gasteiger partial charge in [0.1, 0.15) is 0 Å². The third-order valence-corrected chi connectivity index (χ3v) is 3.87. The second-order valence-corrected chi connectivity index (χ2v) is 6.46. The Bertz CT molecular complexity index is 596. The Hall–Kier alpha value is -1.65. The van der Waals surface area contributed by atoms with E-state index in [2.05, 4.69) is 35.6 Å². The van der Waals surface area contributed by atoms with Crippen molar-refractivity contribution in [2.45, 2.75) is 18.9 Å². The normalized spacial score (nSPS) is 12.1. The molecular formula is C17H21NO2S. The molecule has 112 valence electrons. The number of hydrogen-bond donors (Lipinski definition) is 1. The van der Waals surface area contributed by atoms with Gasteiger partial charge in [-0.15, -0.1) is 0 Å². The highest BCUT2D eigenvalue weighted by atomic mass is 32.2. The Morgan fingerprint density at radius 2 is 1.76 bits per heavy atom. The minimum absolute atomic E-state index is 0.598. The number of benzene rings is 2. The Labute approximate surface area is 128 Å². The smallest absolute Gasteiger partial charge is 0.0713 e. The highest BCUT2D eigenvalue weighted by Gasteiger charge is 1.99. The van der Waals surface area contributed by atoms with Gasteiger partial charge in [-0.2, -0.15) is 0 Å². The molecule has 21 heavy (non-hydrogen) atoms. The van der Waals surface area contributed by atoms with Crippen LogP contribution in [0.1, 0.15) is 16.7 Å². The van der Waals surface area contributed by atoms with Gasteiger partial charge in [-0.1, -0.05) is 36.4 Å². The molecule has 0 saturated carbocycles. The van der Waals surface area contributed by atoms with E-state index in [1.807, 2.05) is 18.2 Å². The molecule has 0 aliphatic rings. The van der Waals surface area contributed by atoms with Crippen LogP contribution < -0.4 is 5.32 Å². The highest BCUT2D eigenvalue weighted by molar-refractivity contribution is 7.83. The standard InChI is InChI=1S/C17H21NO2S/c1-20-12-15-8-6-14(7-9-15)11-18-17-5-3-4-16(10-17)13-21(2)19/h3-10,18H,11-13H2,1-2H3/t21-/m0/s1. The molecule has 2 rings (SSSR count). The van der Waals surface area contributed by atoms with Crippen LogP contribution in [0.5, 0.6) is 0 Å². The van der Waals surface area contributed by atoms with Gasteiger partial charge in [0.2, 0.25) is 0 Å². The maximum atomic E-state index is 11.3. The summed E-state index contributed by atoms with van der Waals surface area (Å²) in [5.41, 5.74) is 4.54. The van der Waals surface area contributed by atoms with Gasteiger partial charge >= 0.3 is 0 Å². The number of ether oxygens (including phenoxy) is 1. The average Bonchev–Trinajstić information content (AvgIpc) is 2.47. The van der Waals surface area contributed by atoms with Gasteiger partial charge in [0.25, 0.3) is 0 Å². The van der Waals surface area contributed by atoms with Crippen LogP contribution in [0.15, 0.2) is 48.5 Å². The topological polar surface area (TPSA) is 38.3 Å². The van der Waals surface area contributed by atoms with Crippen molar-refractivity contribution in [2.24, 2.45) is 0 Å². The summed E-state index contributed by atoms with van der Waals surface area (Å²) in [5.74, 6) is 0.598. The number of rotatable bonds is 7. The zero-order valence-electron chi connectivity index (χ0n) is 12.5. The summed E-state index contributed by atoms with van der Waals surface area (Å²) in [6, 6.07) is 16.5. The van der Waals surface area contributed by atoms with Gasteiger partial charge in [0.15, 0.2) is 0 Å². The molecule has 0 fully saturated rings. The van der Waals surface area contributed by atoms with Crippen LogP contribution in [0.4, 0.5) is 5.69 Å². The van der Waals surface area contributed by atoms with E-state index >= 15 is 0 Å². The molecule has 0 amide bonds. The summed E-state index contributed by atoms with van der Waals surface area (Å²) in [6.07, 6.45) is 1.72. The van der Waals surface area contributed by atoms with Crippen molar-refractivity contribution in [2.75, 3.05) is 18.7 Å². The van der Waals surface area contributed by atoms with Crippen LogP contribution in [-0.2, 0) is 34.4 Å². The average molecular weight is 303 g/mol. The largest absolute Gasteiger partial charge is 0.381 e. The fourth-order valence-electron chi connectivity index (χ4n) is 2.13. The molecule has 3 nitrogen and oxygen atoms in total. The fraction of sp³-hybridized carbons (Fsp3) is 0.294. The SMILES string of the molecule is COCc1ccc(CNc2cccc(C[S@](C)=O)c2)cc1. The molecule has 0 spiro atoms. The lowest BCUT2D eigenvalue weighted by atomic mass is 10.1. The van der Waals surface area contributed by atoms with Crippen molar-refractivity contribution in [1.29, 1.82) is 0 Å². The zero-order valence-corrected chi connectivity index (χ0v) is 13.3. The van der Waals surface area contributed by atoms with Crippen LogP contribution in [-0.4, -0.2) is 17.6 Å². The van der Waals surface area contributed by atoms with Crippen LogP contribution in [0, 0.1) is 0 Å². The Morgan fingerprint density at radius 1 is 1.05 bits per heavy atom. The quantitative estimate of drug-likeness (QED) is 0.852.